The average molecular weight is 427 g/mol. The molecule has 0 saturated carbocycles. The number of rotatable bonds is 6. The third-order valence-electron chi connectivity index (χ3n) is 5.14. The predicted molar refractivity (Wildman–Crippen MR) is 114 cm³/mol. The zero-order chi connectivity index (χ0) is 20.3. The van der Waals surface area contributed by atoms with Gasteiger partial charge in [0.05, 0.1) is 10.9 Å². The maximum Gasteiger partial charge on any atom is 0.254 e. The van der Waals surface area contributed by atoms with Crippen LogP contribution in [-0.4, -0.2) is 25.8 Å². The fourth-order valence-corrected chi connectivity index (χ4v) is 5.41. The highest BCUT2D eigenvalue weighted by molar-refractivity contribution is 7.89. The number of nitrogens with one attached hydrogen (secondary N) is 1. The van der Waals surface area contributed by atoms with Gasteiger partial charge in [0.1, 0.15) is 0 Å². The quantitative estimate of drug-likeness (QED) is 0.642. The molecule has 0 bridgehead atoms. The van der Waals surface area contributed by atoms with E-state index in [9.17, 15) is 13.2 Å². The van der Waals surface area contributed by atoms with Gasteiger partial charge in [-0.2, -0.15) is 11.3 Å². The molecular formula is C22H22N2O3S2. The molecule has 0 radical (unpaired) electrons. The van der Waals surface area contributed by atoms with Crippen molar-refractivity contribution in [1.29, 1.82) is 0 Å². The van der Waals surface area contributed by atoms with Crippen LogP contribution in [0.5, 0.6) is 0 Å². The Morgan fingerprint density at radius 1 is 1.10 bits per heavy atom. The summed E-state index contributed by atoms with van der Waals surface area (Å²) in [6.07, 6.45) is 1.88. The molecule has 2 aromatic carbocycles. The van der Waals surface area contributed by atoms with Gasteiger partial charge < -0.3 is 4.90 Å². The minimum absolute atomic E-state index is 0.0604. The molecule has 1 unspecified atom stereocenters. The molecule has 0 spiro atoms. The van der Waals surface area contributed by atoms with Crippen molar-refractivity contribution >= 4 is 27.3 Å². The Hall–Kier alpha value is -2.48. The fourth-order valence-electron chi connectivity index (χ4n) is 3.64. The van der Waals surface area contributed by atoms with Crippen molar-refractivity contribution in [2.24, 2.45) is 0 Å². The van der Waals surface area contributed by atoms with E-state index in [1.807, 2.05) is 40.6 Å². The summed E-state index contributed by atoms with van der Waals surface area (Å²) >= 11 is 1.62. The third-order valence-corrected chi connectivity index (χ3v) is 7.24. The fraction of sp³-hybridized carbons (Fsp3) is 0.227. The minimum Gasteiger partial charge on any atom is -0.332 e. The van der Waals surface area contributed by atoms with Gasteiger partial charge in [-0.3, -0.25) is 4.79 Å². The molecule has 1 N–H and O–H groups in total. The molecule has 1 fully saturated rings. The highest BCUT2D eigenvalue weighted by atomic mass is 32.2. The van der Waals surface area contributed by atoms with E-state index in [1.54, 1.807) is 23.5 Å². The standard InChI is InChI=1S/C22H22N2O3S2/c25-22(24-12-5-10-21(24)19-11-13-28-16-19)18-8-4-9-20(14-18)29(26,27)23-15-17-6-2-1-3-7-17/h1-4,6-9,11,13-14,16,21,23H,5,10,12,15H2. The molecule has 1 saturated heterocycles. The zero-order valence-corrected chi connectivity index (χ0v) is 17.5. The Labute approximate surface area is 175 Å². The summed E-state index contributed by atoms with van der Waals surface area (Å²) in [5, 5.41) is 4.09. The largest absolute Gasteiger partial charge is 0.332 e. The Balaban J connectivity index is 1.52. The monoisotopic (exact) mass is 426 g/mol. The zero-order valence-electron chi connectivity index (χ0n) is 15.8. The second kappa shape index (κ2) is 8.49. The van der Waals surface area contributed by atoms with Crippen LogP contribution in [0, 0.1) is 0 Å². The molecule has 3 aromatic rings. The van der Waals surface area contributed by atoms with Crippen LogP contribution in [0.15, 0.2) is 76.3 Å². The lowest BCUT2D eigenvalue weighted by Gasteiger charge is -2.24. The van der Waals surface area contributed by atoms with Crippen molar-refractivity contribution in [2.75, 3.05) is 6.54 Å². The van der Waals surface area contributed by atoms with Crippen LogP contribution in [-0.2, 0) is 16.6 Å². The van der Waals surface area contributed by atoms with E-state index >= 15 is 0 Å². The summed E-state index contributed by atoms with van der Waals surface area (Å²) in [5.74, 6) is -0.126. The lowest BCUT2D eigenvalue weighted by atomic mass is 10.1. The lowest BCUT2D eigenvalue weighted by molar-refractivity contribution is 0.0735. The number of carbonyl (C=O) groups is 1. The molecule has 150 valence electrons. The first-order valence-electron chi connectivity index (χ1n) is 9.51. The van der Waals surface area contributed by atoms with E-state index in [0.717, 1.165) is 24.0 Å². The minimum atomic E-state index is -3.71. The number of sulfonamides is 1. The number of nitrogens with zero attached hydrogens (tertiary/aromatic N) is 1. The molecule has 2 heterocycles. The van der Waals surface area contributed by atoms with Crippen LogP contribution in [0.3, 0.4) is 0 Å². The first-order valence-corrected chi connectivity index (χ1v) is 11.9. The summed E-state index contributed by atoms with van der Waals surface area (Å²) in [7, 11) is -3.71. The second-order valence-electron chi connectivity index (χ2n) is 7.05. The Kier molecular flexibility index (Phi) is 5.80. The second-order valence-corrected chi connectivity index (χ2v) is 9.60. The van der Waals surface area contributed by atoms with Crippen molar-refractivity contribution in [1.82, 2.24) is 9.62 Å². The van der Waals surface area contributed by atoms with Crippen molar-refractivity contribution in [3.05, 3.63) is 88.1 Å². The van der Waals surface area contributed by atoms with Crippen LogP contribution in [0.1, 0.15) is 40.4 Å². The smallest absolute Gasteiger partial charge is 0.254 e. The average Bonchev–Trinajstić information content (AvgIpc) is 3.44. The van der Waals surface area contributed by atoms with Crippen molar-refractivity contribution < 1.29 is 13.2 Å². The topological polar surface area (TPSA) is 66.5 Å². The van der Waals surface area contributed by atoms with Crippen molar-refractivity contribution in [3.63, 3.8) is 0 Å². The number of hydrogen-bond acceptors (Lipinski definition) is 4. The summed E-state index contributed by atoms with van der Waals surface area (Å²) in [6.45, 7) is 0.885. The maximum atomic E-state index is 13.1. The molecule has 1 aliphatic heterocycles. The summed E-state index contributed by atoms with van der Waals surface area (Å²) in [6, 6.07) is 17.7. The summed E-state index contributed by atoms with van der Waals surface area (Å²) < 4.78 is 28.0. The van der Waals surface area contributed by atoms with E-state index < -0.39 is 10.0 Å². The molecule has 1 aromatic heterocycles. The highest BCUT2D eigenvalue weighted by Crippen LogP contribution is 2.34. The number of benzene rings is 2. The Morgan fingerprint density at radius 2 is 1.93 bits per heavy atom. The Morgan fingerprint density at radius 3 is 2.69 bits per heavy atom. The summed E-state index contributed by atoms with van der Waals surface area (Å²) in [4.78, 5) is 15.1. The van der Waals surface area contributed by atoms with Crippen molar-refractivity contribution in [3.8, 4) is 0 Å². The van der Waals surface area contributed by atoms with Crippen LogP contribution in [0.4, 0.5) is 0 Å². The first kappa shape index (κ1) is 19.8. The van der Waals surface area contributed by atoms with Crippen molar-refractivity contribution in [2.45, 2.75) is 30.3 Å². The SMILES string of the molecule is O=C(c1cccc(S(=O)(=O)NCc2ccccc2)c1)N1CCCC1c1ccsc1. The van der Waals surface area contributed by atoms with E-state index in [2.05, 4.69) is 16.2 Å². The number of hydrogen-bond donors (Lipinski definition) is 1. The van der Waals surface area contributed by atoms with Gasteiger partial charge in [-0.25, -0.2) is 13.1 Å². The van der Waals surface area contributed by atoms with E-state index in [4.69, 9.17) is 0 Å². The number of likely N-dealkylation sites (tertiary alicyclic amines) is 1. The number of thiophene rings is 1. The normalized spacial score (nSPS) is 16.8. The Bertz CT molecular complexity index is 1080. The van der Waals surface area contributed by atoms with Gasteiger partial charge in [0.25, 0.3) is 5.91 Å². The molecule has 29 heavy (non-hydrogen) atoms. The molecule has 0 aliphatic carbocycles. The predicted octanol–water partition coefficient (Wildman–Crippen LogP) is 4.20. The van der Waals surface area contributed by atoms with Gasteiger partial charge in [-0.15, -0.1) is 0 Å². The van der Waals surface area contributed by atoms with Gasteiger partial charge >= 0.3 is 0 Å². The molecular weight excluding hydrogens is 404 g/mol. The maximum absolute atomic E-state index is 13.1. The van der Waals surface area contributed by atoms with E-state index in [0.29, 0.717) is 12.1 Å². The van der Waals surface area contributed by atoms with Gasteiger partial charge in [-0.1, -0.05) is 36.4 Å². The van der Waals surface area contributed by atoms with Gasteiger partial charge in [-0.05, 0) is 59.0 Å². The van der Waals surface area contributed by atoms with Crippen LogP contribution in [0.2, 0.25) is 0 Å². The molecule has 7 heteroatoms. The number of amides is 1. The number of carbonyl (C=O) groups excluding carboxylic acids is 1. The first-order chi connectivity index (χ1) is 14.0. The highest BCUT2D eigenvalue weighted by Gasteiger charge is 2.31. The molecule has 1 amide bonds. The van der Waals surface area contributed by atoms with E-state index in [-0.39, 0.29) is 23.4 Å². The molecule has 1 atom stereocenters. The lowest BCUT2D eigenvalue weighted by Crippen LogP contribution is -2.30. The molecule has 5 nitrogen and oxygen atoms in total. The molecule has 4 rings (SSSR count). The van der Waals surface area contributed by atoms with Gasteiger partial charge in [0.2, 0.25) is 10.0 Å². The summed E-state index contributed by atoms with van der Waals surface area (Å²) in [5.41, 5.74) is 2.42. The van der Waals surface area contributed by atoms with E-state index in [1.165, 1.54) is 12.1 Å². The van der Waals surface area contributed by atoms with Crippen LogP contribution < -0.4 is 4.72 Å². The van der Waals surface area contributed by atoms with Crippen LogP contribution >= 0.6 is 11.3 Å². The van der Waals surface area contributed by atoms with Gasteiger partial charge in [0.15, 0.2) is 0 Å². The third kappa shape index (κ3) is 4.42. The van der Waals surface area contributed by atoms with Crippen LogP contribution in [0.25, 0.3) is 0 Å². The molecule has 1 aliphatic rings. The van der Waals surface area contributed by atoms with Gasteiger partial charge in [0, 0.05) is 18.7 Å².